The fourth-order valence-electron chi connectivity index (χ4n) is 2.22. The van der Waals surface area contributed by atoms with Gasteiger partial charge in [-0.3, -0.25) is 4.79 Å². The van der Waals surface area contributed by atoms with Crippen molar-refractivity contribution in [3.8, 4) is 0 Å². The van der Waals surface area contributed by atoms with Crippen LogP contribution in [0.4, 0.5) is 4.79 Å². The minimum absolute atomic E-state index is 0.205. The summed E-state index contributed by atoms with van der Waals surface area (Å²) < 4.78 is 0. The molecule has 4 N–H and O–H groups in total. The molecule has 1 atom stereocenters. The number of carbonyl (C=O) groups is 3. The molecule has 0 bridgehead atoms. The van der Waals surface area contributed by atoms with Crippen molar-refractivity contribution in [2.75, 3.05) is 13.1 Å². The van der Waals surface area contributed by atoms with Crippen LogP contribution in [0.25, 0.3) is 0 Å². The first-order valence-corrected chi connectivity index (χ1v) is 6.45. The highest BCUT2D eigenvalue weighted by Gasteiger charge is 2.43. The van der Waals surface area contributed by atoms with E-state index in [1.165, 1.54) is 4.90 Å². The first kappa shape index (κ1) is 15.3. The van der Waals surface area contributed by atoms with Crippen LogP contribution in [0.1, 0.15) is 39.0 Å². The Morgan fingerprint density at radius 3 is 2.63 bits per heavy atom. The van der Waals surface area contributed by atoms with Crippen molar-refractivity contribution in [3.05, 3.63) is 0 Å². The van der Waals surface area contributed by atoms with Gasteiger partial charge in [0.1, 0.15) is 5.54 Å². The maximum absolute atomic E-state index is 12.0. The van der Waals surface area contributed by atoms with E-state index in [1.807, 2.05) is 0 Å². The number of carboxylic acid groups (broad SMARTS) is 1. The second-order valence-electron chi connectivity index (χ2n) is 4.99. The zero-order valence-electron chi connectivity index (χ0n) is 11.1. The molecular weight excluding hydrogens is 250 g/mol. The van der Waals surface area contributed by atoms with E-state index in [0.29, 0.717) is 25.9 Å². The van der Waals surface area contributed by atoms with E-state index >= 15 is 0 Å². The highest BCUT2D eigenvalue weighted by Crippen LogP contribution is 2.28. The summed E-state index contributed by atoms with van der Waals surface area (Å²) in [5.41, 5.74) is 3.85. The van der Waals surface area contributed by atoms with Crippen LogP contribution in [0, 0.1) is 0 Å². The first-order chi connectivity index (χ1) is 8.88. The number of primary amides is 1. The van der Waals surface area contributed by atoms with Gasteiger partial charge in [-0.1, -0.05) is 0 Å². The molecule has 0 radical (unpaired) electrons. The van der Waals surface area contributed by atoms with Crippen molar-refractivity contribution in [3.63, 3.8) is 0 Å². The van der Waals surface area contributed by atoms with E-state index in [9.17, 15) is 19.5 Å². The van der Waals surface area contributed by atoms with E-state index in [1.54, 1.807) is 6.92 Å². The number of urea groups is 1. The third kappa shape index (κ3) is 3.84. The Bertz CT molecular complexity index is 372. The molecule has 0 aliphatic carbocycles. The van der Waals surface area contributed by atoms with Crippen LogP contribution in [-0.4, -0.2) is 46.5 Å². The molecule has 1 rings (SSSR count). The van der Waals surface area contributed by atoms with Crippen LogP contribution in [0.5, 0.6) is 0 Å². The number of rotatable bonds is 5. The highest BCUT2D eigenvalue weighted by molar-refractivity contribution is 5.86. The summed E-state index contributed by atoms with van der Waals surface area (Å²) in [6.45, 7) is 2.32. The van der Waals surface area contributed by atoms with Crippen LogP contribution in [0.15, 0.2) is 0 Å². The maximum atomic E-state index is 12.0. The van der Waals surface area contributed by atoms with Crippen molar-refractivity contribution in [2.45, 2.75) is 44.6 Å². The lowest BCUT2D eigenvalue weighted by atomic mass is 9.89. The Morgan fingerprint density at radius 2 is 2.05 bits per heavy atom. The highest BCUT2D eigenvalue weighted by atomic mass is 16.4. The van der Waals surface area contributed by atoms with Crippen LogP contribution in [0.2, 0.25) is 0 Å². The number of piperidine rings is 1. The quantitative estimate of drug-likeness (QED) is 0.624. The van der Waals surface area contributed by atoms with Crippen molar-refractivity contribution < 1.29 is 19.5 Å². The van der Waals surface area contributed by atoms with E-state index in [0.717, 1.165) is 12.8 Å². The molecule has 1 aliphatic heterocycles. The number of amides is 3. The number of hydrogen-bond acceptors (Lipinski definition) is 3. The smallest absolute Gasteiger partial charge is 0.329 e. The third-order valence-electron chi connectivity index (χ3n) is 3.47. The number of nitrogens with zero attached hydrogens (tertiary/aromatic N) is 1. The van der Waals surface area contributed by atoms with Gasteiger partial charge in [-0.2, -0.15) is 0 Å². The minimum atomic E-state index is -1.15. The average Bonchev–Trinajstić information content (AvgIpc) is 2.34. The Kier molecular flexibility index (Phi) is 5.14. The number of carbonyl (C=O) groups excluding carboxylic acids is 2. The Balaban J connectivity index is 2.53. The van der Waals surface area contributed by atoms with E-state index in [2.05, 4.69) is 5.32 Å². The van der Waals surface area contributed by atoms with Gasteiger partial charge < -0.3 is 21.1 Å². The first-order valence-electron chi connectivity index (χ1n) is 6.45. The molecule has 0 aromatic carbocycles. The summed E-state index contributed by atoms with van der Waals surface area (Å²) in [5.74, 6) is -1.40. The normalized spacial score (nSPS) is 22.9. The molecule has 0 spiro atoms. The molecule has 19 heavy (non-hydrogen) atoms. The standard InChI is InChI=1S/C12H21N3O4/c1-12(10(17)18)6-2-3-8-15(12)11(19)14-7-4-5-9(13)16/h2-8H2,1H3,(H2,13,16)(H,14,19)(H,17,18). The van der Waals surface area contributed by atoms with Gasteiger partial charge in [-0.25, -0.2) is 9.59 Å². The molecule has 1 heterocycles. The Hall–Kier alpha value is -1.79. The molecule has 1 fully saturated rings. The molecule has 1 aliphatic rings. The number of hydrogen-bond donors (Lipinski definition) is 3. The van der Waals surface area contributed by atoms with E-state index in [-0.39, 0.29) is 6.42 Å². The Morgan fingerprint density at radius 1 is 1.37 bits per heavy atom. The zero-order valence-corrected chi connectivity index (χ0v) is 11.1. The van der Waals surface area contributed by atoms with Gasteiger partial charge in [0.05, 0.1) is 0 Å². The van der Waals surface area contributed by atoms with E-state index < -0.39 is 23.4 Å². The van der Waals surface area contributed by atoms with Crippen molar-refractivity contribution in [1.82, 2.24) is 10.2 Å². The van der Waals surface area contributed by atoms with Crippen molar-refractivity contribution >= 4 is 17.9 Å². The van der Waals surface area contributed by atoms with E-state index in [4.69, 9.17) is 5.73 Å². The maximum Gasteiger partial charge on any atom is 0.329 e. The third-order valence-corrected chi connectivity index (χ3v) is 3.47. The fraction of sp³-hybridized carbons (Fsp3) is 0.750. The second kappa shape index (κ2) is 6.40. The average molecular weight is 271 g/mol. The zero-order chi connectivity index (χ0) is 14.5. The van der Waals surface area contributed by atoms with Gasteiger partial charge in [0.2, 0.25) is 5.91 Å². The monoisotopic (exact) mass is 271 g/mol. The number of nitrogens with one attached hydrogen (secondary N) is 1. The SMILES string of the molecule is CC1(C(=O)O)CCCCN1C(=O)NCCCC(N)=O. The fourth-order valence-corrected chi connectivity index (χ4v) is 2.22. The summed E-state index contributed by atoms with van der Waals surface area (Å²) in [5, 5.41) is 11.9. The molecule has 1 unspecified atom stereocenters. The van der Waals surface area contributed by atoms with Crippen molar-refractivity contribution in [1.29, 1.82) is 0 Å². The summed E-state index contributed by atoms with van der Waals surface area (Å²) >= 11 is 0. The molecule has 3 amide bonds. The topological polar surface area (TPSA) is 113 Å². The number of aliphatic carboxylic acids is 1. The molecule has 108 valence electrons. The number of nitrogens with two attached hydrogens (primary N) is 1. The van der Waals surface area contributed by atoms with Gasteiger partial charge >= 0.3 is 12.0 Å². The summed E-state index contributed by atoms with van der Waals surface area (Å²) in [7, 11) is 0. The predicted molar refractivity (Wildman–Crippen MR) is 68.4 cm³/mol. The molecule has 7 heteroatoms. The van der Waals surface area contributed by atoms with Crippen LogP contribution in [0.3, 0.4) is 0 Å². The Labute approximate surface area is 112 Å². The molecule has 0 aromatic heterocycles. The van der Waals surface area contributed by atoms with Crippen LogP contribution >= 0.6 is 0 Å². The molecule has 7 nitrogen and oxygen atoms in total. The van der Waals surface area contributed by atoms with Crippen molar-refractivity contribution in [2.24, 2.45) is 5.73 Å². The van der Waals surface area contributed by atoms with Gasteiger partial charge in [0, 0.05) is 19.5 Å². The minimum Gasteiger partial charge on any atom is -0.480 e. The lowest BCUT2D eigenvalue weighted by molar-refractivity contribution is -0.150. The van der Waals surface area contributed by atoms with Gasteiger partial charge in [-0.05, 0) is 32.6 Å². The van der Waals surface area contributed by atoms with Gasteiger partial charge in [0.15, 0.2) is 0 Å². The van der Waals surface area contributed by atoms with Crippen LogP contribution < -0.4 is 11.1 Å². The largest absolute Gasteiger partial charge is 0.480 e. The summed E-state index contributed by atoms with van der Waals surface area (Å²) in [4.78, 5) is 35.2. The number of carboxylic acids is 1. The van der Waals surface area contributed by atoms with Gasteiger partial charge in [-0.15, -0.1) is 0 Å². The lowest BCUT2D eigenvalue weighted by Crippen LogP contribution is -2.60. The summed E-state index contributed by atoms with van der Waals surface area (Å²) in [6.07, 6.45) is 2.72. The number of likely N-dealkylation sites (tertiary alicyclic amines) is 1. The molecule has 0 aromatic rings. The molecular formula is C12H21N3O4. The predicted octanol–water partition coefficient (Wildman–Crippen LogP) is 0.291. The summed E-state index contributed by atoms with van der Waals surface area (Å²) in [6, 6.07) is -0.394. The van der Waals surface area contributed by atoms with Gasteiger partial charge in [0.25, 0.3) is 0 Å². The lowest BCUT2D eigenvalue weighted by Gasteiger charge is -2.41. The molecule has 0 saturated carbocycles. The van der Waals surface area contributed by atoms with Crippen LogP contribution in [-0.2, 0) is 9.59 Å². The second-order valence-corrected chi connectivity index (χ2v) is 4.99. The molecule has 1 saturated heterocycles.